The summed E-state index contributed by atoms with van der Waals surface area (Å²) in [7, 11) is 0. The number of esters is 1. The van der Waals surface area contributed by atoms with Crippen LogP contribution in [0.15, 0.2) is 48.7 Å². The maximum Gasteiger partial charge on any atom is 0.361 e. The van der Waals surface area contributed by atoms with Gasteiger partial charge in [0.1, 0.15) is 12.4 Å². The first-order valence-electron chi connectivity index (χ1n) is 10.3. The third-order valence-corrected chi connectivity index (χ3v) is 5.05. The van der Waals surface area contributed by atoms with Crippen molar-refractivity contribution in [3.8, 4) is 5.75 Å². The number of aromatic nitrogens is 2. The third-order valence-electron chi connectivity index (χ3n) is 4.62. The van der Waals surface area contributed by atoms with Crippen LogP contribution in [0.2, 0.25) is 5.02 Å². The van der Waals surface area contributed by atoms with Gasteiger partial charge in [0.2, 0.25) is 0 Å². The lowest BCUT2D eigenvalue weighted by Crippen LogP contribution is -2.17. The van der Waals surface area contributed by atoms with Gasteiger partial charge < -0.3 is 14.8 Å². The highest BCUT2D eigenvalue weighted by molar-refractivity contribution is 6.31. The molecule has 3 aromatic rings. The van der Waals surface area contributed by atoms with E-state index in [1.54, 1.807) is 42.9 Å². The van der Waals surface area contributed by atoms with Gasteiger partial charge in [-0.15, -0.1) is 0 Å². The zero-order valence-corrected chi connectivity index (χ0v) is 19.3. The summed E-state index contributed by atoms with van der Waals surface area (Å²) >= 11 is 6.04. The fourth-order valence-corrected chi connectivity index (χ4v) is 3.03. The topological polar surface area (TPSA) is 82.5 Å². The second kappa shape index (κ2) is 10.3. The lowest BCUT2D eigenvalue weighted by Gasteiger charge is -2.09. The van der Waals surface area contributed by atoms with Crippen molar-refractivity contribution in [3.63, 3.8) is 0 Å². The number of benzene rings is 2. The number of nitrogens with zero attached hydrogens (tertiary/aromatic N) is 2. The van der Waals surface area contributed by atoms with Gasteiger partial charge in [0, 0.05) is 23.3 Å². The van der Waals surface area contributed by atoms with Crippen molar-refractivity contribution in [2.75, 3.05) is 5.32 Å². The molecule has 0 atom stereocenters. The van der Waals surface area contributed by atoms with Crippen molar-refractivity contribution >= 4 is 29.2 Å². The summed E-state index contributed by atoms with van der Waals surface area (Å²) in [6, 6.07) is 12.5. The Kier molecular flexibility index (Phi) is 7.53. The first-order chi connectivity index (χ1) is 15.3. The fourth-order valence-electron chi connectivity index (χ4n) is 2.92. The van der Waals surface area contributed by atoms with E-state index in [-0.39, 0.29) is 17.7 Å². The van der Waals surface area contributed by atoms with Crippen LogP contribution in [0, 0.1) is 6.92 Å². The van der Waals surface area contributed by atoms with Crippen molar-refractivity contribution in [2.24, 2.45) is 0 Å². The normalized spacial score (nSPS) is 10.8. The number of nitrogens with one attached hydrogen (secondary N) is 1. The molecule has 0 unspecified atom stereocenters. The molecule has 1 heterocycles. The number of carbonyl (C=O) groups excluding carboxylic acids is 2. The quantitative estimate of drug-likeness (QED) is 0.468. The maximum atomic E-state index is 12.7. The van der Waals surface area contributed by atoms with Crippen LogP contribution in [-0.4, -0.2) is 27.8 Å². The molecule has 0 fully saturated rings. The fraction of sp³-hybridized carbons (Fsp3) is 0.292. The van der Waals surface area contributed by atoms with Crippen LogP contribution in [0.25, 0.3) is 0 Å². The van der Waals surface area contributed by atoms with Gasteiger partial charge >= 0.3 is 5.97 Å². The van der Waals surface area contributed by atoms with Crippen molar-refractivity contribution in [1.82, 2.24) is 9.78 Å². The Morgan fingerprint density at radius 1 is 1.16 bits per heavy atom. The van der Waals surface area contributed by atoms with E-state index in [2.05, 4.69) is 10.4 Å². The predicted octanol–water partition coefficient (Wildman–Crippen LogP) is 5.26. The molecule has 32 heavy (non-hydrogen) atoms. The van der Waals surface area contributed by atoms with Crippen LogP contribution in [-0.2, 0) is 17.9 Å². The van der Waals surface area contributed by atoms with E-state index in [0.717, 1.165) is 16.9 Å². The lowest BCUT2D eigenvalue weighted by atomic mass is 10.1. The van der Waals surface area contributed by atoms with Gasteiger partial charge in [0.05, 0.1) is 11.8 Å². The van der Waals surface area contributed by atoms with Gasteiger partial charge in [-0.05, 0) is 69.2 Å². The van der Waals surface area contributed by atoms with Gasteiger partial charge in [-0.1, -0.05) is 23.7 Å². The highest BCUT2D eigenvalue weighted by atomic mass is 35.5. The van der Waals surface area contributed by atoms with Crippen LogP contribution in [0.1, 0.15) is 52.7 Å². The Morgan fingerprint density at radius 2 is 1.88 bits per heavy atom. The number of ether oxygens (including phenoxy) is 2. The molecule has 0 aliphatic heterocycles. The highest BCUT2D eigenvalue weighted by Crippen LogP contribution is 2.22. The molecule has 0 aliphatic rings. The molecule has 0 saturated heterocycles. The Morgan fingerprint density at radius 3 is 2.50 bits per heavy atom. The van der Waals surface area contributed by atoms with E-state index < -0.39 is 5.97 Å². The smallest absolute Gasteiger partial charge is 0.361 e. The number of carbonyl (C=O) groups is 2. The van der Waals surface area contributed by atoms with Crippen molar-refractivity contribution in [3.05, 3.63) is 76.1 Å². The maximum absolute atomic E-state index is 12.7. The summed E-state index contributed by atoms with van der Waals surface area (Å²) in [6.07, 6.45) is 1.33. The van der Waals surface area contributed by atoms with Gasteiger partial charge in [-0.3, -0.25) is 9.48 Å². The summed E-state index contributed by atoms with van der Waals surface area (Å²) in [5, 5.41) is 7.66. The highest BCUT2D eigenvalue weighted by Gasteiger charge is 2.21. The monoisotopic (exact) mass is 455 g/mol. The minimum Gasteiger partial charge on any atom is -0.489 e. The van der Waals surface area contributed by atoms with E-state index in [4.69, 9.17) is 21.1 Å². The summed E-state index contributed by atoms with van der Waals surface area (Å²) in [5.41, 5.74) is 2.70. The van der Waals surface area contributed by atoms with Crippen LogP contribution in [0.4, 0.5) is 5.69 Å². The Bertz CT molecular complexity index is 1110. The zero-order valence-electron chi connectivity index (χ0n) is 18.5. The molecule has 0 aliphatic carbocycles. The van der Waals surface area contributed by atoms with Crippen LogP contribution in [0.5, 0.6) is 5.75 Å². The number of amides is 1. The molecule has 1 amide bonds. The van der Waals surface area contributed by atoms with Gasteiger partial charge in [0.25, 0.3) is 5.91 Å². The molecular formula is C24H26ClN3O4. The van der Waals surface area contributed by atoms with Crippen molar-refractivity contribution < 1.29 is 19.1 Å². The summed E-state index contributed by atoms with van der Waals surface area (Å²) < 4.78 is 12.6. The van der Waals surface area contributed by atoms with Crippen molar-refractivity contribution in [1.29, 1.82) is 0 Å². The molecule has 168 valence electrons. The Hall–Kier alpha value is -3.32. The van der Waals surface area contributed by atoms with E-state index in [1.807, 2.05) is 38.1 Å². The van der Waals surface area contributed by atoms with Gasteiger partial charge in [0.15, 0.2) is 5.69 Å². The van der Waals surface area contributed by atoms with Gasteiger partial charge in [-0.2, -0.15) is 5.10 Å². The number of anilines is 1. The number of hydrogen-bond acceptors (Lipinski definition) is 5. The largest absolute Gasteiger partial charge is 0.489 e. The first kappa shape index (κ1) is 23.3. The lowest BCUT2D eigenvalue weighted by molar-refractivity contribution is 0.0371. The number of aryl methyl sites for hydroxylation is 2. The Balaban J connectivity index is 1.66. The van der Waals surface area contributed by atoms with Crippen molar-refractivity contribution in [2.45, 2.75) is 47.0 Å². The van der Waals surface area contributed by atoms with Crippen LogP contribution >= 0.6 is 11.6 Å². The molecule has 2 aromatic carbocycles. The molecule has 0 radical (unpaired) electrons. The minimum atomic E-state index is -0.576. The molecule has 8 heteroatoms. The summed E-state index contributed by atoms with van der Waals surface area (Å²) in [5.74, 6) is -0.199. The second-order valence-electron chi connectivity index (χ2n) is 7.55. The first-order valence-corrected chi connectivity index (χ1v) is 10.7. The molecule has 7 nitrogen and oxygen atoms in total. The molecule has 0 spiro atoms. The molecule has 3 rings (SSSR count). The SMILES string of the molecule is CCn1cc(NC(=O)c2ccc(COc3ccc(Cl)c(C)c3)cc2)c(C(=O)OC(C)C)n1. The Labute approximate surface area is 192 Å². The van der Waals surface area contributed by atoms with E-state index in [1.165, 1.54) is 0 Å². The average molecular weight is 456 g/mol. The predicted molar refractivity (Wildman–Crippen MR) is 123 cm³/mol. The average Bonchev–Trinajstić information content (AvgIpc) is 3.17. The molecule has 1 N–H and O–H groups in total. The molecule has 0 bridgehead atoms. The number of rotatable bonds is 8. The number of hydrogen-bond donors (Lipinski definition) is 1. The minimum absolute atomic E-state index is 0.0807. The molecular weight excluding hydrogens is 430 g/mol. The standard InChI is InChI=1S/C24H26ClN3O4/c1-5-28-13-21(22(27-28)24(30)32-15(2)3)26-23(29)18-8-6-17(7-9-18)14-31-19-10-11-20(25)16(4)12-19/h6-13,15H,5,14H2,1-4H3,(H,26,29). The van der Waals surface area contributed by atoms with Crippen LogP contribution < -0.4 is 10.1 Å². The molecule has 1 aromatic heterocycles. The van der Waals surface area contributed by atoms with Gasteiger partial charge in [-0.25, -0.2) is 4.79 Å². The third kappa shape index (κ3) is 5.88. The second-order valence-corrected chi connectivity index (χ2v) is 7.96. The number of halogens is 1. The summed E-state index contributed by atoms with van der Waals surface area (Å²) in [4.78, 5) is 25.1. The van der Waals surface area contributed by atoms with Crippen LogP contribution in [0.3, 0.4) is 0 Å². The molecule has 0 saturated carbocycles. The zero-order chi connectivity index (χ0) is 23.3. The van der Waals surface area contributed by atoms with E-state index in [9.17, 15) is 9.59 Å². The summed E-state index contributed by atoms with van der Waals surface area (Å²) in [6.45, 7) is 8.23. The van der Waals surface area contributed by atoms with E-state index in [0.29, 0.717) is 29.4 Å². The van der Waals surface area contributed by atoms with E-state index >= 15 is 0 Å².